The van der Waals surface area contributed by atoms with Gasteiger partial charge in [0.1, 0.15) is 35.5 Å². The fraction of sp³-hybridized carbons (Fsp3) is 0.0714. The number of rotatable bonds is 7. The summed E-state index contributed by atoms with van der Waals surface area (Å²) in [5, 5.41) is 10.3. The molecule has 1 unspecified atom stereocenters. The molecule has 35 heavy (non-hydrogen) atoms. The number of nitriles is 1. The lowest BCUT2D eigenvalue weighted by molar-refractivity contribution is -0.128. The van der Waals surface area contributed by atoms with Gasteiger partial charge in [0.15, 0.2) is 0 Å². The fourth-order valence-corrected chi connectivity index (χ4v) is 3.87. The van der Waals surface area contributed by atoms with Crippen molar-refractivity contribution >= 4 is 23.6 Å². The summed E-state index contributed by atoms with van der Waals surface area (Å²) in [4.78, 5) is 12.3. The molecule has 3 aromatic rings. The molecule has 0 fully saturated rings. The van der Waals surface area contributed by atoms with Crippen LogP contribution in [0.15, 0.2) is 96.9 Å². The summed E-state index contributed by atoms with van der Waals surface area (Å²) in [6.45, 7) is 4.03. The van der Waals surface area contributed by atoms with Gasteiger partial charge in [-0.2, -0.15) is 5.26 Å². The SMILES string of the molecule is C=CCOc1ccc(C2C(C#N)=C(N)Oc3cc(OC(=O)/C=C/c4ccccc4Cl)ccc32)cc1. The minimum absolute atomic E-state index is 0.000856. The Morgan fingerprint density at radius 1 is 1.14 bits per heavy atom. The molecule has 1 aliphatic heterocycles. The smallest absolute Gasteiger partial charge is 0.336 e. The standard InChI is InChI=1S/C28H21ClN2O4/c1-2-15-33-20-10-7-19(8-11-20)27-22-13-12-21(16-25(22)35-28(31)23(27)17-30)34-26(32)14-9-18-5-3-4-6-24(18)29/h2-14,16,27H,1,15,31H2/b14-9+. The molecule has 0 aliphatic carbocycles. The van der Waals surface area contributed by atoms with Crippen molar-refractivity contribution in [2.75, 3.05) is 6.61 Å². The van der Waals surface area contributed by atoms with Crippen molar-refractivity contribution in [3.63, 3.8) is 0 Å². The second-order valence-electron chi connectivity index (χ2n) is 7.57. The van der Waals surface area contributed by atoms with Gasteiger partial charge in [-0.3, -0.25) is 0 Å². The highest BCUT2D eigenvalue weighted by atomic mass is 35.5. The van der Waals surface area contributed by atoms with Crippen LogP contribution in [-0.2, 0) is 4.79 Å². The third kappa shape index (κ3) is 5.37. The molecule has 7 heteroatoms. The van der Waals surface area contributed by atoms with E-state index >= 15 is 0 Å². The third-order valence-corrected chi connectivity index (χ3v) is 5.64. The molecule has 2 N–H and O–H groups in total. The first-order valence-electron chi connectivity index (χ1n) is 10.7. The van der Waals surface area contributed by atoms with Gasteiger partial charge in [0.05, 0.1) is 5.92 Å². The van der Waals surface area contributed by atoms with E-state index in [1.54, 1.807) is 48.6 Å². The Morgan fingerprint density at radius 2 is 1.89 bits per heavy atom. The summed E-state index contributed by atoms with van der Waals surface area (Å²) >= 11 is 6.11. The van der Waals surface area contributed by atoms with Crippen LogP contribution in [0.1, 0.15) is 22.6 Å². The fourth-order valence-electron chi connectivity index (χ4n) is 3.67. The Bertz CT molecular complexity index is 1370. The summed E-state index contributed by atoms with van der Waals surface area (Å²) in [7, 11) is 0. The Labute approximate surface area is 208 Å². The monoisotopic (exact) mass is 484 g/mol. The van der Waals surface area contributed by atoms with Crippen LogP contribution in [0.25, 0.3) is 6.08 Å². The number of hydrogen-bond donors (Lipinski definition) is 1. The van der Waals surface area contributed by atoms with E-state index in [2.05, 4.69) is 12.6 Å². The molecule has 1 heterocycles. The van der Waals surface area contributed by atoms with Crippen LogP contribution in [0, 0.1) is 11.3 Å². The van der Waals surface area contributed by atoms with E-state index in [1.165, 1.54) is 6.08 Å². The molecule has 6 nitrogen and oxygen atoms in total. The highest BCUT2D eigenvalue weighted by molar-refractivity contribution is 6.32. The maximum Gasteiger partial charge on any atom is 0.336 e. The minimum atomic E-state index is -0.575. The maximum atomic E-state index is 12.3. The number of allylic oxidation sites excluding steroid dienone is 1. The molecule has 174 valence electrons. The summed E-state index contributed by atoms with van der Waals surface area (Å²) in [6, 6.07) is 21.7. The van der Waals surface area contributed by atoms with Crippen molar-refractivity contribution < 1.29 is 19.0 Å². The maximum absolute atomic E-state index is 12.3. The quantitative estimate of drug-likeness (QED) is 0.199. The second-order valence-corrected chi connectivity index (χ2v) is 7.98. The first kappa shape index (κ1) is 23.7. The molecule has 1 atom stereocenters. The van der Waals surface area contributed by atoms with E-state index < -0.39 is 11.9 Å². The average Bonchev–Trinajstić information content (AvgIpc) is 2.86. The number of nitrogens with zero attached hydrogens (tertiary/aromatic N) is 1. The van der Waals surface area contributed by atoms with E-state index in [1.807, 2.05) is 30.3 Å². The lowest BCUT2D eigenvalue weighted by atomic mass is 9.83. The molecule has 0 saturated heterocycles. The summed E-state index contributed by atoms with van der Waals surface area (Å²) < 4.78 is 16.7. The van der Waals surface area contributed by atoms with Crippen LogP contribution in [0.5, 0.6) is 17.2 Å². The van der Waals surface area contributed by atoms with Crippen molar-refractivity contribution in [1.82, 2.24) is 0 Å². The highest BCUT2D eigenvalue weighted by Crippen LogP contribution is 2.43. The molecule has 0 aromatic heterocycles. The number of halogens is 1. The van der Waals surface area contributed by atoms with E-state index in [4.69, 9.17) is 31.5 Å². The van der Waals surface area contributed by atoms with E-state index in [0.29, 0.717) is 34.3 Å². The van der Waals surface area contributed by atoms with Gasteiger partial charge >= 0.3 is 5.97 Å². The number of fused-ring (bicyclic) bond motifs is 1. The van der Waals surface area contributed by atoms with Crippen LogP contribution in [0.2, 0.25) is 5.02 Å². The predicted molar refractivity (Wildman–Crippen MR) is 134 cm³/mol. The molecular formula is C28H21ClN2O4. The van der Waals surface area contributed by atoms with Gasteiger partial charge in [-0.15, -0.1) is 0 Å². The molecule has 0 bridgehead atoms. The number of hydrogen-bond acceptors (Lipinski definition) is 6. The Hall–Kier alpha value is -4.47. The number of nitrogens with two attached hydrogens (primary N) is 1. The third-order valence-electron chi connectivity index (χ3n) is 5.29. The average molecular weight is 485 g/mol. The number of carbonyl (C=O) groups is 1. The number of ether oxygens (including phenoxy) is 3. The van der Waals surface area contributed by atoms with Gasteiger partial charge in [0.25, 0.3) is 0 Å². The topological polar surface area (TPSA) is 94.6 Å². The largest absolute Gasteiger partial charge is 0.490 e. The predicted octanol–water partition coefficient (Wildman–Crippen LogP) is 5.74. The summed E-state index contributed by atoms with van der Waals surface area (Å²) in [6.07, 6.45) is 4.54. The number of carbonyl (C=O) groups excluding carboxylic acids is 1. The molecule has 1 aliphatic rings. The van der Waals surface area contributed by atoms with Gasteiger partial charge in [0, 0.05) is 22.7 Å². The number of esters is 1. The molecule has 3 aromatic carbocycles. The van der Waals surface area contributed by atoms with Crippen molar-refractivity contribution in [3.05, 3.63) is 119 Å². The molecular weight excluding hydrogens is 464 g/mol. The first-order chi connectivity index (χ1) is 17.0. The summed E-state index contributed by atoms with van der Waals surface area (Å²) in [5.41, 5.74) is 8.63. The Balaban J connectivity index is 1.58. The van der Waals surface area contributed by atoms with Gasteiger partial charge in [-0.1, -0.05) is 60.7 Å². The molecule has 0 amide bonds. The van der Waals surface area contributed by atoms with E-state index in [0.717, 1.165) is 11.1 Å². The number of benzene rings is 3. The summed E-state index contributed by atoms with van der Waals surface area (Å²) in [5.74, 6) is 0.342. The van der Waals surface area contributed by atoms with Gasteiger partial charge in [0.2, 0.25) is 5.88 Å². The van der Waals surface area contributed by atoms with E-state index in [9.17, 15) is 10.1 Å². The molecule has 4 rings (SSSR count). The van der Waals surface area contributed by atoms with E-state index in [-0.39, 0.29) is 11.6 Å². The van der Waals surface area contributed by atoms with Crippen molar-refractivity contribution in [2.24, 2.45) is 5.73 Å². The van der Waals surface area contributed by atoms with Crippen molar-refractivity contribution in [3.8, 4) is 23.3 Å². The van der Waals surface area contributed by atoms with Crippen LogP contribution in [0.3, 0.4) is 0 Å². The zero-order valence-corrected chi connectivity index (χ0v) is 19.4. The van der Waals surface area contributed by atoms with Crippen molar-refractivity contribution in [1.29, 1.82) is 5.26 Å². The minimum Gasteiger partial charge on any atom is -0.490 e. The zero-order chi connectivity index (χ0) is 24.8. The van der Waals surface area contributed by atoms with Gasteiger partial charge < -0.3 is 19.9 Å². The first-order valence-corrected chi connectivity index (χ1v) is 11.1. The normalized spacial score (nSPS) is 14.6. The van der Waals surface area contributed by atoms with Gasteiger partial charge in [-0.25, -0.2) is 4.79 Å². The zero-order valence-electron chi connectivity index (χ0n) is 18.6. The molecule has 0 saturated carbocycles. The van der Waals surface area contributed by atoms with Crippen LogP contribution in [-0.4, -0.2) is 12.6 Å². The van der Waals surface area contributed by atoms with Crippen LogP contribution in [0.4, 0.5) is 0 Å². The lowest BCUT2D eigenvalue weighted by Gasteiger charge is -2.26. The second kappa shape index (κ2) is 10.6. The van der Waals surface area contributed by atoms with Crippen LogP contribution >= 0.6 is 11.6 Å². The molecule has 0 spiro atoms. The molecule has 0 radical (unpaired) electrons. The lowest BCUT2D eigenvalue weighted by Crippen LogP contribution is -2.21. The van der Waals surface area contributed by atoms with Crippen molar-refractivity contribution in [2.45, 2.75) is 5.92 Å². The highest BCUT2D eigenvalue weighted by Gasteiger charge is 2.31. The van der Waals surface area contributed by atoms with Gasteiger partial charge in [-0.05, 0) is 41.5 Å². The van der Waals surface area contributed by atoms with Crippen LogP contribution < -0.4 is 19.9 Å². The Kier molecular flexibility index (Phi) is 7.20. The Morgan fingerprint density at radius 3 is 2.60 bits per heavy atom.